The number of hydrogen-bond acceptors (Lipinski definition) is 5. The van der Waals surface area contributed by atoms with E-state index >= 15 is 0 Å². The first-order valence-electron chi connectivity index (χ1n) is 10.8. The van der Waals surface area contributed by atoms with Gasteiger partial charge >= 0.3 is 12.5 Å². The molecule has 1 fully saturated rings. The number of likely N-dealkylation sites (N-methyl/N-ethyl adjacent to an activating group) is 1. The number of nitrogens with zero attached hydrogens (tertiary/aromatic N) is 4. The first kappa shape index (κ1) is 24.0. The molecule has 0 spiro atoms. The van der Waals surface area contributed by atoms with Gasteiger partial charge in [0.2, 0.25) is 5.89 Å². The fourth-order valence-electron chi connectivity index (χ4n) is 3.90. The summed E-state index contributed by atoms with van der Waals surface area (Å²) >= 11 is 6.17. The molecule has 4 rings (SSSR count). The minimum atomic E-state index is -2.91. The Balaban J connectivity index is 1.45. The van der Waals surface area contributed by atoms with Crippen molar-refractivity contribution >= 4 is 17.6 Å². The maximum atomic E-state index is 14.7. The van der Waals surface area contributed by atoms with Crippen LogP contribution in [0.2, 0.25) is 5.02 Å². The van der Waals surface area contributed by atoms with Crippen LogP contribution in [0.15, 0.2) is 46.9 Å². The minimum Gasteiger partial charge on any atom is -0.415 e. The zero-order chi connectivity index (χ0) is 24.2. The molecule has 1 N–H and O–H groups in total. The molecule has 1 aromatic heterocycles. The molecule has 11 heteroatoms. The largest absolute Gasteiger partial charge is 0.415 e. The van der Waals surface area contributed by atoms with Crippen molar-refractivity contribution < 1.29 is 22.4 Å². The molecule has 0 saturated carbocycles. The molecule has 0 aliphatic carbocycles. The minimum absolute atomic E-state index is 0.0483. The lowest BCUT2D eigenvalue weighted by atomic mass is 10.0. The summed E-state index contributed by atoms with van der Waals surface area (Å²) in [5, 5.41) is 10.1. The Morgan fingerprint density at radius 3 is 2.74 bits per heavy atom. The zero-order valence-corrected chi connectivity index (χ0v) is 19.1. The molecule has 2 amide bonds. The van der Waals surface area contributed by atoms with Crippen molar-refractivity contribution in [2.45, 2.75) is 25.9 Å². The fourth-order valence-corrected chi connectivity index (χ4v) is 4.10. The molecular formula is C23H23ClF3N5O2. The Morgan fingerprint density at radius 1 is 1.24 bits per heavy atom. The summed E-state index contributed by atoms with van der Waals surface area (Å²) in [6.45, 7) is 4.80. The molecule has 3 aromatic rings. The maximum absolute atomic E-state index is 14.7. The zero-order valence-electron chi connectivity index (χ0n) is 18.3. The van der Waals surface area contributed by atoms with Crippen LogP contribution in [0.1, 0.15) is 36.4 Å². The molecule has 2 aromatic carbocycles. The first-order chi connectivity index (χ1) is 16.4. The van der Waals surface area contributed by atoms with Gasteiger partial charge < -0.3 is 14.6 Å². The third-order valence-corrected chi connectivity index (χ3v) is 6.00. The Morgan fingerprint density at radius 2 is 2.06 bits per heavy atom. The van der Waals surface area contributed by atoms with Crippen molar-refractivity contribution in [2.75, 3.05) is 26.2 Å². The molecule has 7 nitrogen and oxygen atoms in total. The van der Waals surface area contributed by atoms with Crippen molar-refractivity contribution in [3.63, 3.8) is 0 Å². The van der Waals surface area contributed by atoms with E-state index in [0.717, 1.165) is 24.7 Å². The standard InChI is InChI=1S/C23H23ClF3N5O2/c1-2-31-8-9-32(19(13-31)14-4-3-5-17(24)10-14)23(33)28-12-16-7-6-15(11-18(16)25)21-29-30-22(34-21)20(26)27/h3-7,10-11,19-20H,2,8-9,12-13H2,1H3,(H,28,33). The van der Waals surface area contributed by atoms with Crippen LogP contribution in [0.25, 0.3) is 11.5 Å². The van der Waals surface area contributed by atoms with Crippen LogP contribution >= 0.6 is 11.6 Å². The number of carbonyl (C=O) groups is 1. The highest BCUT2D eigenvalue weighted by Gasteiger charge is 2.31. The van der Waals surface area contributed by atoms with E-state index in [1.807, 2.05) is 18.2 Å². The van der Waals surface area contributed by atoms with Gasteiger partial charge in [-0.3, -0.25) is 4.90 Å². The van der Waals surface area contributed by atoms with Crippen LogP contribution < -0.4 is 5.32 Å². The van der Waals surface area contributed by atoms with E-state index in [1.165, 1.54) is 12.1 Å². The summed E-state index contributed by atoms with van der Waals surface area (Å²) in [5.41, 5.74) is 1.33. The number of piperazine rings is 1. The third-order valence-electron chi connectivity index (χ3n) is 5.76. The van der Waals surface area contributed by atoms with Crippen LogP contribution in [0.4, 0.5) is 18.0 Å². The summed E-state index contributed by atoms with van der Waals surface area (Å²) < 4.78 is 44.8. The van der Waals surface area contributed by atoms with Gasteiger partial charge in [0.25, 0.3) is 5.89 Å². The van der Waals surface area contributed by atoms with Crippen molar-refractivity contribution in [1.82, 2.24) is 25.3 Å². The molecule has 1 atom stereocenters. The third kappa shape index (κ3) is 5.34. The van der Waals surface area contributed by atoms with E-state index in [4.69, 9.17) is 16.0 Å². The smallest absolute Gasteiger partial charge is 0.318 e. The van der Waals surface area contributed by atoms with E-state index in [-0.39, 0.29) is 35.6 Å². The molecular weight excluding hydrogens is 471 g/mol. The van der Waals surface area contributed by atoms with Crippen molar-refractivity contribution in [3.05, 3.63) is 70.3 Å². The normalized spacial score (nSPS) is 16.8. The van der Waals surface area contributed by atoms with E-state index in [2.05, 4.69) is 27.3 Å². The number of nitrogens with one attached hydrogen (secondary N) is 1. The second-order valence-electron chi connectivity index (χ2n) is 7.87. The number of carbonyl (C=O) groups excluding carboxylic acids is 1. The number of hydrogen-bond donors (Lipinski definition) is 1. The van der Waals surface area contributed by atoms with Gasteiger partial charge in [0.1, 0.15) is 5.82 Å². The number of aromatic nitrogens is 2. The second kappa shape index (κ2) is 10.4. The van der Waals surface area contributed by atoms with E-state index in [1.54, 1.807) is 11.0 Å². The number of halogens is 4. The quantitative estimate of drug-likeness (QED) is 0.520. The second-order valence-corrected chi connectivity index (χ2v) is 8.30. The lowest BCUT2D eigenvalue weighted by Gasteiger charge is -2.41. The van der Waals surface area contributed by atoms with Gasteiger partial charge in [-0.2, -0.15) is 8.78 Å². The highest BCUT2D eigenvalue weighted by Crippen LogP contribution is 2.28. The predicted octanol–water partition coefficient (Wildman–Crippen LogP) is 5.06. The summed E-state index contributed by atoms with van der Waals surface area (Å²) in [5.74, 6) is -1.66. The molecule has 0 radical (unpaired) electrons. The predicted molar refractivity (Wildman–Crippen MR) is 120 cm³/mol. The van der Waals surface area contributed by atoms with Crippen molar-refractivity contribution in [1.29, 1.82) is 0 Å². The topological polar surface area (TPSA) is 74.5 Å². The SMILES string of the molecule is CCN1CCN(C(=O)NCc2ccc(-c3nnc(C(F)F)o3)cc2F)C(c2cccc(Cl)c2)C1. The number of benzene rings is 2. The summed E-state index contributed by atoms with van der Waals surface area (Å²) in [4.78, 5) is 17.0. The van der Waals surface area contributed by atoms with Crippen LogP contribution in [0.3, 0.4) is 0 Å². The van der Waals surface area contributed by atoms with Crippen LogP contribution in [-0.4, -0.2) is 52.2 Å². The number of rotatable bonds is 6. The van der Waals surface area contributed by atoms with Gasteiger partial charge in [-0.05, 0) is 36.4 Å². The summed E-state index contributed by atoms with van der Waals surface area (Å²) in [7, 11) is 0. The molecule has 34 heavy (non-hydrogen) atoms. The molecule has 1 unspecified atom stereocenters. The molecule has 1 saturated heterocycles. The lowest BCUT2D eigenvalue weighted by Crippen LogP contribution is -2.53. The van der Waals surface area contributed by atoms with Gasteiger partial charge in [-0.1, -0.05) is 36.7 Å². The van der Waals surface area contributed by atoms with Gasteiger partial charge in [0, 0.05) is 42.3 Å². The Labute approximate surface area is 199 Å². The molecule has 0 bridgehead atoms. The Hall–Kier alpha value is -3.11. The molecule has 180 valence electrons. The lowest BCUT2D eigenvalue weighted by molar-refractivity contribution is 0.0968. The van der Waals surface area contributed by atoms with Crippen molar-refractivity contribution in [2.24, 2.45) is 0 Å². The van der Waals surface area contributed by atoms with Crippen LogP contribution in [-0.2, 0) is 6.54 Å². The molecule has 1 aliphatic rings. The van der Waals surface area contributed by atoms with Crippen molar-refractivity contribution in [3.8, 4) is 11.5 Å². The van der Waals surface area contributed by atoms with Crippen LogP contribution in [0.5, 0.6) is 0 Å². The highest BCUT2D eigenvalue weighted by molar-refractivity contribution is 6.30. The monoisotopic (exact) mass is 493 g/mol. The number of urea groups is 1. The van der Waals surface area contributed by atoms with E-state index in [0.29, 0.717) is 18.1 Å². The fraction of sp³-hybridized carbons (Fsp3) is 0.348. The molecule has 1 aliphatic heterocycles. The average molecular weight is 494 g/mol. The summed E-state index contributed by atoms with van der Waals surface area (Å²) in [6, 6.07) is 10.9. The Bertz CT molecular complexity index is 1160. The highest BCUT2D eigenvalue weighted by atomic mass is 35.5. The maximum Gasteiger partial charge on any atom is 0.318 e. The number of alkyl halides is 2. The summed E-state index contributed by atoms with van der Waals surface area (Å²) in [6.07, 6.45) is -2.91. The van der Waals surface area contributed by atoms with Gasteiger partial charge in [-0.25, -0.2) is 9.18 Å². The van der Waals surface area contributed by atoms with E-state index < -0.39 is 18.1 Å². The van der Waals surface area contributed by atoms with E-state index in [9.17, 15) is 18.0 Å². The van der Waals surface area contributed by atoms with Gasteiger partial charge in [0.05, 0.1) is 6.04 Å². The molecule has 2 heterocycles. The Kier molecular flexibility index (Phi) is 7.38. The average Bonchev–Trinajstić information content (AvgIpc) is 3.33. The first-order valence-corrected chi connectivity index (χ1v) is 11.2. The van der Waals surface area contributed by atoms with Gasteiger partial charge in [0.15, 0.2) is 0 Å². The number of amides is 2. The van der Waals surface area contributed by atoms with Crippen LogP contribution in [0, 0.1) is 5.82 Å². The van der Waals surface area contributed by atoms with Gasteiger partial charge in [-0.15, -0.1) is 10.2 Å².